The van der Waals surface area contributed by atoms with E-state index in [-0.39, 0.29) is 11.5 Å². The van der Waals surface area contributed by atoms with Gasteiger partial charge in [0.2, 0.25) is 5.56 Å². The van der Waals surface area contributed by atoms with Crippen molar-refractivity contribution in [3.63, 3.8) is 0 Å². The second kappa shape index (κ2) is 8.34. The maximum absolute atomic E-state index is 13.0. The molecule has 5 nitrogen and oxygen atoms in total. The van der Waals surface area contributed by atoms with Gasteiger partial charge in [-0.1, -0.05) is 37.3 Å². The fraction of sp³-hybridized carbons (Fsp3) is 0.238. The maximum atomic E-state index is 13.0. The first-order valence-corrected chi connectivity index (χ1v) is 8.74. The van der Waals surface area contributed by atoms with E-state index in [9.17, 15) is 9.59 Å². The lowest BCUT2D eigenvalue weighted by Crippen LogP contribution is -2.33. The molecule has 0 atom stereocenters. The van der Waals surface area contributed by atoms with Crippen LogP contribution >= 0.6 is 0 Å². The number of aromatic amines is 1. The summed E-state index contributed by atoms with van der Waals surface area (Å²) in [6.45, 7) is 2.85. The summed E-state index contributed by atoms with van der Waals surface area (Å²) in [6.07, 6.45) is 2.99. The van der Waals surface area contributed by atoms with Gasteiger partial charge in [-0.25, -0.2) is 0 Å². The van der Waals surface area contributed by atoms with E-state index >= 15 is 0 Å². The lowest BCUT2D eigenvalue weighted by atomic mass is 10.1. The van der Waals surface area contributed by atoms with Crippen LogP contribution in [0.1, 0.15) is 34.3 Å². The number of aryl methyl sites for hydroxylation is 1. The Morgan fingerprint density at radius 1 is 1.12 bits per heavy atom. The van der Waals surface area contributed by atoms with E-state index in [1.807, 2.05) is 43.3 Å². The molecule has 0 fully saturated rings. The SMILES string of the molecule is CCc1cc(C(=O)N(CCc2ccccc2)Cc2ccco2)cc(=O)[nH]1. The molecule has 0 aliphatic heterocycles. The largest absolute Gasteiger partial charge is 0.467 e. The molecular weight excluding hydrogens is 328 g/mol. The van der Waals surface area contributed by atoms with E-state index in [1.165, 1.54) is 6.07 Å². The van der Waals surface area contributed by atoms with Crippen molar-refractivity contribution < 1.29 is 9.21 Å². The number of aromatic nitrogens is 1. The topological polar surface area (TPSA) is 66.3 Å². The molecular formula is C21H22N2O3. The Bertz CT molecular complexity index is 899. The monoisotopic (exact) mass is 350 g/mol. The van der Waals surface area contributed by atoms with Crippen molar-refractivity contribution in [3.8, 4) is 0 Å². The zero-order valence-corrected chi connectivity index (χ0v) is 14.8. The summed E-state index contributed by atoms with van der Waals surface area (Å²) in [6, 6.07) is 16.8. The van der Waals surface area contributed by atoms with Crippen LogP contribution < -0.4 is 5.56 Å². The summed E-state index contributed by atoms with van der Waals surface area (Å²) in [4.78, 5) is 29.4. The normalized spacial score (nSPS) is 10.7. The number of pyridine rings is 1. The average Bonchev–Trinajstić information content (AvgIpc) is 3.18. The van der Waals surface area contributed by atoms with Gasteiger partial charge in [0, 0.05) is 23.9 Å². The van der Waals surface area contributed by atoms with Crippen molar-refractivity contribution in [2.24, 2.45) is 0 Å². The van der Waals surface area contributed by atoms with Crippen LogP contribution in [0.4, 0.5) is 0 Å². The van der Waals surface area contributed by atoms with Gasteiger partial charge in [-0.15, -0.1) is 0 Å². The third-order valence-electron chi connectivity index (χ3n) is 4.26. The van der Waals surface area contributed by atoms with Crippen molar-refractivity contribution >= 4 is 5.91 Å². The molecule has 26 heavy (non-hydrogen) atoms. The summed E-state index contributed by atoms with van der Waals surface area (Å²) in [5.41, 5.74) is 2.06. The predicted molar refractivity (Wildman–Crippen MR) is 100 cm³/mol. The van der Waals surface area contributed by atoms with Crippen molar-refractivity contribution in [3.05, 3.63) is 93.8 Å². The van der Waals surface area contributed by atoms with Gasteiger partial charge in [0.15, 0.2) is 0 Å². The van der Waals surface area contributed by atoms with Gasteiger partial charge in [-0.3, -0.25) is 9.59 Å². The molecule has 2 heterocycles. The second-order valence-electron chi connectivity index (χ2n) is 6.15. The number of carbonyl (C=O) groups excluding carboxylic acids is 1. The Morgan fingerprint density at radius 3 is 2.62 bits per heavy atom. The van der Waals surface area contributed by atoms with E-state index in [4.69, 9.17) is 4.42 Å². The molecule has 0 spiro atoms. The number of benzene rings is 1. The van der Waals surface area contributed by atoms with Crippen LogP contribution in [0.25, 0.3) is 0 Å². The molecule has 0 aliphatic carbocycles. The highest BCUT2D eigenvalue weighted by atomic mass is 16.3. The summed E-state index contributed by atoms with van der Waals surface area (Å²) >= 11 is 0. The van der Waals surface area contributed by atoms with Crippen molar-refractivity contribution in [2.45, 2.75) is 26.3 Å². The average molecular weight is 350 g/mol. The molecule has 0 unspecified atom stereocenters. The number of hydrogen-bond acceptors (Lipinski definition) is 3. The van der Waals surface area contributed by atoms with Crippen LogP contribution in [0.15, 0.2) is 70.1 Å². The second-order valence-corrected chi connectivity index (χ2v) is 6.15. The Balaban J connectivity index is 1.82. The minimum absolute atomic E-state index is 0.168. The highest BCUT2D eigenvalue weighted by Crippen LogP contribution is 2.12. The summed E-state index contributed by atoms with van der Waals surface area (Å²) in [5, 5.41) is 0. The molecule has 0 radical (unpaired) electrons. The number of amides is 1. The smallest absolute Gasteiger partial charge is 0.254 e. The van der Waals surface area contributed by atoms with Gasteiger partial charge in [-0.2, -0.15) is 0 Å². The van der Waals surface area contributed by atoms with Crippen LogP contribution in [-0.4, -0.2) is 22.3 Å². The Morgan fingerprint density at radius 2 is 1.92 bits per heavy atom. The summed E-state index contributed by atoms with van der Waals surface area (Å²) in [5.74, 6) is 0.546. The Hall–Kier alpha value is -3.08. The van der Waals surface area contributed by atoms with Crippen LogP contribution in [0.2, 0.25) is 0 Å². The first kappa shape index (κ1) is 17.7. The molecule has 5 heteroatoms. The number of furan rings is 1. The number of rotatable bonds is 7. The van der Waals surface area contributed by atoms with Crippen LogP contribution in [0, 0.1) is 0 Å². The zero-order valence-electron chi connectivity index (χ0n) is 14.8. The van der Waals surface area contributed by atoms with Gasteiger partial charge < -0.3 is 14.3 Å². The van der Waals surface area contributed by atoms with E-state index in [0.717, 1.165) is 17.7 Å². The quantitative estimate of drug-likeness (QED) is 0.710. The number of carbonyl (C=O) groups is 1. The lowest BCUT2D eigenvalue weighted by Gasteiger charge is -2.22. The van der Waals surface area contributed by atoms with Crippen molar-refractivity contribution in [2.75, 3.05) is 6.54 Å². The third kappa shape index (κ3) is 4.51. The lowest BCUT2D eigenvalue weighted by molar-refractivity contribution is 0.0733. The molecule has 3 aromatic rings. The van der Waals surface area contributed by atoms with Crippen LogP contribution in [0.5, 0.6) is 0 Å². The molecule has 0 saturated heterocycles. The number of hydrogen-bond donors (Lipinski definition) is 1. The molecule has 0 saturated carbocycles. The van der Waals surface area contributed by atoms with Crippen molar-refractivity contribution in [1.29, 1.82) is 0 Å². The van der Waals surface area contributed by atoms with Gasteiger partial charge in [0.1, 0.15) is 5.76 Å². The van der Waals surface area contributed by atoms with E-state index in [1.54, 1.807) is 23.3 Å². The maximum Gasteiger partial charge on any atom is 0.254 e. The number of H-pyrrole nitrogens is 1. The standard InChI is InChI=1S/C21H22N2O3/c1-2-18-13-17(14-20(24)22-18)21(25)23(15-19-9-6-12-26-19)11-10-16-7-4-3-5-8-16/h3-9,12-14H,2,10-11,15H2,1H3,(H,22,24). The van der Waals surface area contributed by atoms with Gasteiger partial charge in [0.05, 0.1) is 12.8 Å². The predicted octanol–water partition coefficient (Wildman–Crippen LogP) is 3.42. The van der Waals surface area contributed by atoms with Crippen molar-refractivity contribution in [1.82, 2.24) is 9.88 Å². The Kier molecular flexibility index (Phi) is 5.69. The van der Waals surface area contributed by atoms with Gasteiger partial charge in [0.25, 0.3) is 5.91 Å². The molecule has 134 valence electrons. The van der Waals surface area contributed by atoms with E-state index in [0.29, 0.717) is 30.8 Å². The van der Waals surface area contributed by atoms with Crippen LogP contribution in [0.3, 0.4) is 0 Å². The van der Waals surface area contributed by atoms with E-state index in [2.05, 4.69) is 4.98 Å². The first-order chi connectivity index (χ1) is 12.7. The summed E-state index contributed by atoms with van der Waals surface area (Å²) < 4.78 is 5.41. The molecule has 2 aromatic heterocycles. The number of nitrogens with one attached hydrogen (secondary N) is 1. The first-order valence-electron chi connectivity index (χ1n) is 8.74. The number of nitrogens with zero attached hydrogens (tertiary/aromatic N) is 1. The minimum atomic E-state index is -0.256. The molecule has 0 aliphatic rings. The fourth-order valence-corrected chi connectivity index (χ4v) is 2.85. The van der Waals surface area contributed by atoms with E-state index < -0.39 is 0 Å². The molecule has 0 bridgehead atoms. The highest BCUT2D eigenvalue weighted by Gasteiger charge is 2.18. The molecule has 3 rings (SSSR count). The molecule has 1 N–H and O–H groups in total. The Labute approximate surface area is 152 Å². The van der Waals surface area contributed by atoms with Crippen LogP contribution in [-0.2, 0) is 19.4 Å². The van der Waals surface area contributed by atoms with Gasteiger partial charge in [-0.05, 0) is 36.6 Å². The zero-order chi connectivity index (χ0) is 18.4. The third-order valence-corrected chi connectivity index (χ3v) is 4.26. The summed E-state index contributed by atoms with van der Waals surface area (Å²) in [7, 11) is 0. The van der Waals surface area contributed by atoms with Gasteiger partial charge >= 0.3 is 0 Å². The molecule has 1 aromatic carbocycles. The fourth-order valence-electron chi connectivity index (χ4n) is 2.85. The highest BCUT2D eigenvalue weighted by molar-refractivity contribution is 5.94. The molecule has 1 amide bonds. The minimum Gasteiger partial charge on any atom is -0.467 e.